The lowest BCUT2D eigenvalue weighted by molar-refractivity contribution is 0.145. The lowest BCUT2D eigenvalue weighted by Crippen LogP contribution is -2.35. The van der Waals surface area contributed by atoms with Gasteiger partial charge in [-0.3, -0.25) is 4.90 Å². The van der Waals surface area contributed by atoms with E-state index in [2.05, 4.69) is 16.7 Å². The second-order valence-corrected chi connectivity index (χ2v) is 5.45. The zero-order valence-electron chi connectivity index (χ0n) is 12.3. The molecular formula is C17H23FN2O. The van der Waals surface area contributed by atoms with E-state index < -0.39 is 0 Å². The average molecular weight is 290 g/mol. The van der Waals surface area contributed by atoms with Crippen molar-refractivity contribution in [2.45, 2.75) is 38.3 Å². The van der Waals surface area contributed by atoms with E-state index in [1.165, 1.54) is 31.7 Å². The predicted molar refractivity (Wildman–Crippen MR) is 82.1 cm³/mol. The summed E-state index contributed by atoms with van der Waals surface area (Å²) < 4.78 is 13.7. The Kier molecular flexibility index (Phi) is 6.19. The van der Waals surface area contributed by atoms with Crippen molar-refractivity contribution in [3.63, 3.8) is 0 Å². The number of hydrogen-bond donors (Lipinski definition) is 2. The van der Waals surface area contributed by atoms with Crippen molar-refractivity contribution in [2.24, 2.45) is 5.73 Å². The van der Waals surface area contributed by atoms with Crippen molar-refractivity contribution in [2.75, 3.05) is 19.7 Å². The smallest absolute Gasteiger partial charge is 0.138 e. The molecule has 4 heteroatoms. The maximum atomic E-state index is 13.7. The first-order chi connectivity index (χ1) is 10.2. The standard InChI is InChI=1S/C17H23FN2O/c18-17-8-7-14(12-15(17)4-3-9-19)13-20(10-11-21)16-5-1-2-6-16/h7-8,12,16,21H,1-2,5-6,9-11,13,19H2. The summed E-state index contributed by atoms with van der Waals surface area (Å²) in [5.41, 5.74) is 6.76. The highest BCUT2D eigenvalue weighted by Gasteiger charge is 2.22. The van der Waals surface area contributed by atoms with Gasteiger partial charge in [-0.25, -0.2) is 4.39 Å². The Hall–Kier alpha value is -1.41. The largest absolute Gasteiger partial charge is 0.395 e. The molecule has 1 aliphatic rings. The van der Waals surface area contributed by atoms with E-state index in [0.29, 0.717) is 18.2 Å². The summed E-state index contributed by atoms with van der Waals surface area (Å²) >= 11 is 0. The van der Waals surface area contributed by atoms with Gasteiger partial charge in [0, 0.05) is 19.1 Å². The third kappa shape index (κ3) is 4.53. The van der Waals surface area contributed by atoms with Gasteiger partial charge in [0.1, 0.15) is 5.82 Å². The van der Waals surface area contributed by atoms with Crippen LogP contribution in [0.2, 0.25) is 0 Å². The van der Waals surface area contributed by atoms with E-state index >= 15 is 0 Å². The molecule has 1 fully saturated rings. The Labute approximate surface area is 125 Å². The molecule has 0 unspecified atom stereocenters. The van der Waals surface area contributed by atoms with Gasteiger partial charge < -0.3 is 10.8 Å². The first-order valence-electron chi connectivity index (χ1n) is 7.57. The minimum atomic E-state index is -0.311. The average Bonchev–Trinajstić information content (AvgIpc) is 3.01. The predicted octanol–water partition coefficient (Wildman–Crippen LogP) is 1.87. The van der Waals surface area contributed by atoms with Gasteiger partial charge in [-0.2, -0.15) is 0 Å². The zero-order chi connectivity index (χ0) is 15.1. The van der Waals surface area contributed by atoms with Crippen LogP contribution < -0.4 is 5.73 Å². The second kappa shape index (κ2) is 8.14. The molecule has 1 aromatic rings. The number of aliphatic hydroxyl groups is 1. The van der Waals surface area contributed by atoms with E-state index in [-0.39, 0.29) is 19.0 Å². The van der Waals surface area contributed by atoms with Crippen LogP contribution in [0.4, 0.5) is 4.39 Å². The SMILES string of the molecule is NCC#Cc1cc(CN(CCO)C2CCCC2)ccc1F. The summed E-state index contributed by atoms with van der Waals surface area (Å²) in [5, 5.41) is 9.25. The van der Waals surface area contributed by atoms with Crippen molar-refractivity contribution < 1.29 is 9.50 Å². The molecule has 0 spiro atoms. The fourth-order valence-electron chi connectivity index (χ4n) is 2.94. The van der Waals surface area contributed by atoms with Gasteiger partial charge in [0.25, 0.3) is 0 Å². The second-order valence-electron chi connectivity index (χ2n) is 5.45. The topological polar surface area (TPSA) is 49.5 Å². The van der Waals surface area contributed by atoms with E-state index in [4.69, 9.17) is 5.73 Å². The molecule has 0 atom stereocenters. The highest BCUT2D eigenvalue weighted by Crippen LogP contribution is 2.25. The van der Waals surface area contributed by atoms with Gasteiger partial charge in [0.2, 0.25) is 0 Å². The first-order valence-corrected chi connectivity index (χ1v) is 7.57. The summed E-state index contributed by atoms with van der Waals surface area (Å²) in [6, 6.07) is 5.57. The lowest BCUT2D eigenvalue weighted by atomic mass is 10.1. The van der Waals surface area contributed by atoms with E-state index in [1.54, 1.807) is 12.1 Å². The molecule has 1 saturated carbocycles. The molecule has 21 heavy (non-hydrogen) atoms. The summed E-state index contributed by atoms with van der Waals surface area (Å²) in [6.45, 7) is 1.76. The van der Waals surface area contributed by atoms with Crippen LogP contribution in [-0.2, 0) is 6.54 Å². The van der Waals surface area contributed by atoms with Gasteiger partial charge in [0.15, 0.2) is 0 Å². The number of nitrogens with zero attached hydrogens (tertiary/aromatic N) is 1. The number of halogens is 1. The number of rotatable bonds is 5. The summed E-state index contributed by atoms with van der Waals surface area (Å²) in [6.07, 6.45) is 4.87. The monoisotopic (exact) mass is 290 g/mol. The molecule has 0 bridgehead atoms. The molecule has 114 valence electrons. The highest BCUT2D eigenvalue weighted by atomic mass is 19.1. The zero-order valence-corrected chi connectivity index (χ0v) is 12.3. The van der Waals surface area contributed by atoms with E-state index in [0.717, 1.165) is 12.1 Å². The number of nitrogens with two attached hydrogens (primary N) is 1. The molecule has 2 rings (SSSR count). The molecule has 1 aliphatic carbocycles. The number of benzene rings is 1. The van der Waals surface area contributed by atoms with Crippen LogP contribution in [0.3, 0.4) is 0 Å². The van der Waals surface area contributed by atoms with Crippen LogP contribution in [-0.4, -0.2) is 35.7 Å². The Morgan fingerprint density at radius 3 is 2.76 bits per heavy atom. The van der Waals surface area contributed by atoms with Gasteiger partial charge in [-0.05, 0) is 30.5 Å². The van der Waals surface area contributed by atoms with Crippen molar-refractivity contribution >= 4 is 0 Å². The van der Waals surface area contributed by atoms with Gasteiger partial charge in [0.05, 0.1) is 18.7 Å². The molecule has 0 radical (unpaired) electrons. The molecular weight excluding hydrogens is 267 g/mol. The van der Waals surface area contributed by atoms with Crippen LogP contribution in [0, 0.1) is 17.7 Å². The Bertz CT molecular complexity index is 515. The molecule has 0 aliphatic heterocycles. The third-order valence-corrected chi connectivity index (χ3v) is 3.97. The fraction of sp³-hybridized carbons (Fsp3) is 0.529. The number of aliphatic hydroxyl groups excluding tert-OH is 1. The van der Waals surface area contributed by atoms with Crippen LogP contribution in [0.1, 0.15) is 36.8 Å². The third-order valence-electron chi connectivity index (χ3n) is 3.97. The Morgan fingerprint density at radius 1 is 1.33 bits per heavy atom. The molecule has 0 aromatic heterocycles. The molecule has 0 heterocycles. The summed E-state index contributed by atoms with van der Waals surface area (Å²) in [5.74, 6) is 5.15. The Balaban J connectivity index is 2.12. The van der Waals surface area contributed by atoms with E-state index in [1.807, 2.05) is 0 Å². The summed E-state index contributed by atoms with van der Waals surface area (Å²) in [4.78, 5) is 2.29. The first kappa shape index (κ1) is 16.0. The highest BCUT2D eigenvalue weighted by molar-refractivity contribution is 5.38. The lowest BCUT2D eigenvalue weighted by Gasteiger charge is -2.28. The maximum Gasteiger partial charge on any atom is 0.138 e. The number of hydrogen-bond acceptors (Lipinski definition) is 3. The van der Waals surface area contributed by atoms with E-state index in [9.17, 15) is 9.50 Å². The van der Waals surface area contributed by atoms with Crippen LogP contribution >= 0.6 is 0 Å². The summed E-state index contributed by atoms with van der Waals surface area (Å²) in [7, 11) is 0. The normalized spacial score (nSPS) is 15.2. The van der Waals surface area contributed by atoms with Gasteiger partial charge in [-0.15, -0.1) is 0 Å². The Morgan fingerprint density at radius 2 is 2.10 bits per heavy atom. The van der Waals surface area contributed by atoms with Crippen molar-refractivity contribution in [3.05, 3.63) is 35.1 Å². The molecule has 0 amide bonds. The minimum Gasteiger partial charge on any atom is -0.395 e. The molecule has 3 nitrogen and oxygen atoms in total. The molecule has 1 aromatic carbocycles. The van der Waals surface area contributed by atoms with Crippen LogP contribution in [0.15, 0.2) is 18.2 Å². The van der Waals surface area contributed by atoms with Crippen molar-refractivity contribution in [1.82, 2.24) is 4.90 Å². The van der Waals surface area contributed by atoms with Crippen LogP contribution in [0.25, 0.3) is 0 Å². The molecule has 0 saturated heterocycles. The minimum absolute atomic E-state index is 0.150. The van der Waals surface area contributed by atoms with Gasteiger partial charge in [-0.1, -0.05) is 30.7 Å². The fourth-order valence-corrected chi connectivity index (χ4v) is 2.94. The molecule has 3 N–H and O–H groups in total. The van der Waals surface area contributed by atoms with Crippen LogP contribution in [0.5, 0.6) is 0 Å². The van der Waals surface area contributed by atoms with Gasteiger partial charge >= 0.3 is 0 Å². The van der Waals surface area contributed by atoms with Crippen molar-refractivity contribution in [1.29, 1.82) is 0 Å². The van der Waals surface area contributed by atoms with Crippen molar-refractivity contribution in [3.8, 4) is 11.8 Å². The quantitative estimate of drug-likeness (QED) is 0.814. The maximum absolute atomic E-state index is 13.7.